The second-order valence-electron chi connectivity index (χ2n) is 2.16. The molecule has 0 aliphatic carbocycles. The average Bonchev–Trinajstić information content (AvgIpc) is 2.17. The van der Waals surface area contributed by atoms with Crippen LogP contribution in [0.4, 0.5) is 0 Å². The summed E-state index contributed by atoms with van der Waals surface area (Å²) in [7, 11) is 0. The Kier molecular flexibility index (Phi) is 3.58. The van der Waals surface area contributed by atoms with Gasteiger partial charge in [-0.25, -0.2) is 0 Å². The zero-order valence-electron chi connectivity index (χ0n) is 5.70. The van der Waals surface area contributed by atoms with Gasteiger partial charge in [-0.05, 0) is 54.7 Å². The Labute approximate surface area is 94.7 Å². The summed E-state index contributed by atoms with van der Waals surface area (Å²) in [5.41, 5.74) is 5.74. The van der Waals surface area contributed by atoms with Crippen LogP contribution < -0.4 is 5.73 Å². The standard InChI is InChI=1S/C6H6Br3NS/c1-2(10)5-3(7)4(8)6(9)11-5/h2H,10H2,1H3. The smallest absolute Gasteiger partial charge is 0.0855 e. The van der Waals surface area contributed by atoms with Gasteiger partial charge in [0, 0.05) is 15.4 Å². The second kappa shape index (κ2) is 3.87. The molecular formula is C6H6Br3NS. The minimum absolute atomic E-state index is 0.0805. The minimum atomic E-state index is 0.0805. The monoisotopic (exact) mass is 361 g/mol. The maximum atomic E-state index is 5.74. The Balaban J connectivity index is 3.19. The van der Waals surface area contributed by atoms with Crippen molar-refractivity contribution in [1.82, 2.24) is 0 Å². The molecule has 0 saturated carbocycles. The largest absolute Gasteiger partial charge is 0.323 e. The van der Waals surface area contributed by atoms with E-state index in [1.807, 2.05) is 6.92 Å². The lowest BCUT2D eigenvalue weighted by Crippen LogP contribution is -2.02. The Morgan fingerprint density at radius 2 is 1.82 bits per heavy atom. The minimum Gasteiger partial charge on any atom is -0.323 e. The molecule has 2 N–H and O–H groups in total. The summed E-state index contributed by atoms with van der Waals surface area (Å²) < 4.78 is 3.19. The first-order chi connectivity index (χ1) is 5.04. The van der Waals surface area contributed by atoms with E-state index in [0.29, 0.717) is 0 Å². The number of halogens is 3. The molecule has 0 aliphatic heterocycles. The van der Waals surface area contributed by atoms with Crippen molar-refractivity contribution < 1.29 is 0 Å². The maximum Gasteiger partial charge on any atom is 0.0855 e. The average molecular weight is 364 g/mol. The fourth-order valence-corrected chi connectivity index (χ4v) is 3.94. The summed E-state index contributed by atoms with van der Waals surface area (Å²) in [5, 5.41) is 0. The molecule has 5 heteroatoms. The molecule has 1 heterocycles. The summed E-state index contributed by atoms with van der Waals surface area (Å²) in [4.78, 5) is 1.16. The molecule has 0 bridgehead atoms. The number of hydrogen-bond acceptors (Lipinski definition) is 2. The van der Waals surface area contributed by atoms with Gasteiger partial charge in [-0.3, -0.25) is 0 Å². The summed E-state index contributed by atoms with van der Waals surface area (Å²) in [6, 6.07) is 0.0805. The van der Waals surface area contributed by atoms with E-state index in [9.17, 15) is 0 Å². The molecule has 0 aromatic carbocycles. The van der Waals surface area contributed by atoms with Crippen LogP contribution in [-0.2, 0) is 0 Å². The highest BCUT2D eigenvalue weighted by molar-refractivity contribution is 9.14. The van der Waals surface area contributed by atoms with Crippen LogP contribution in [0.1, 0.15) is 17.8 Å². The zero-order valence-corrected chi connectivity index (χ0v) is 11.3. The van der Waals surface area contributed by atoms with Crippen molar-refractivity contribution in [3.63, 3.8) is 0 Å². The predicted octanol–water partition coefficient (Wildman–Crippen LogP) is 4.06. The number of nitrogens with two attached hydrogens (primary N) is 1. The molecule has 0 radical (unpaired) electrons. The first-order valence-corrected chi connectivity index (χ1v) is 6.12. The molecule has 0 fully saturated rings. The van der Waals surface area contributed by atoms with E-state index in [1.54, 1.807) is 11.3 Å². The van der Waals surface area contributed by atoms with Gasteiger partial charge < -0.3 is 5.73 Å². The normalized spacial score (nSPS) is 13.5. The molecule has 0 spiro atoms. The molecule has 1 aromatic heterocycles. The van der Waals surface area contributed by atoms with Gasteiger partial charge in [0.1, 0.15) is 0 Å². The van der Waals surface area contributed by atoms with E-state index in [0.717, 1.165) is 17.6 Å². The van der Waals surface area contributed by atoms with Crippen LogP contribution in [0.3, 0.4) is 0 Å². The number of thiophene rings is 1. The van der Waals surface area contributed by atoms with Crippen LogP contribution in [0.2, 0.25) is 0 Å². The Morgan fingerprint density at radius 1 is 1.27 bits per heavy atom. The third-order valence-corrected chi connectivity index (χ3v) is 6.46. The first-order valence-electron chi connectivity index (χ1n) is 2.92. The first kappa shape index (κ1) is 10.2. The van der Waals surface area contributed by atoms with E-state index >= 15 is 0 Å². The summed E-state index contributed by atoms with van der Waals surface area (Å²) in [6.45, 7) is 1.97. The van der Waals surface area contributed by atoms with Crippen LogP contribution in [0.25, 0.3) is 0 Å². The third kappa shape index (κ3) is 2.06. The van der Waals surface area contributed by atoms with Crippen LogP contribution in [0.5, 0.6) is 0 Å². The van der Waals surface area contributed by atoms with Crippen molar-refractivity contribution >= 4 is 59.1 Å². The zero-order chi connectivity index (χ0) is 8.59. The topological polar surface area (TPSA) is 26.0 Å². The van der Waals surface area contributed by atoms with Gasteiger partial charge in [-0.15, -0.1) is 11.3 Å². The molecule has 0 amide bonds. The van der Waals surface area contributed by atoms with Gasteiger partial charge in [0.25, 0.3) is 0 Å². The second-order valence-corrected chi connectivity index (χ2v) is 6.11. The predicted molar refractivity (Wildman–Crippen MR) is 60.0 cm³/mol. The number of rotatable bonds is 1. The molecule has 0 saturated heterocycles. The van der Waals surface area contributed by atoms with Gasteiger partial charge >= 0.3 is 0 Å². The fourth-order valence-electron chi connectivity index (χ4n) is 0.673. The summed E-state index contributed by atoms with van der Waals surface area (Å²) >= 11 is 12.0. The van der Waals surface area contributed by atoms with Crippen LogP contribution >= 0.6 is 59.1 Å². The van der Waals surface area contributed by atoms with Crippen molar-refractivity contribution in [2.24, 2.45) is 5.73 Å². The molecule has 1 unspecified atom stereocenters. The summed E-state index contributed by atoms with van der Waals surface area (Å²) in [5.74, 6) is 0. The molecular weight excluding hydrogens is 358 g/mol. The molecule has 1 rings (SSSR count). The Morgan fingerprint density at radius 3 is 2.00 bits per heavy atom. The fraction of sp³-hybridized carbons (Fsp3) is 0.333. The van der Waals surface area contributed by atoms with Crippen LogP contribution in [0, 0.1) is 0 Å². The maximum absolute atomic E-state index is 5.74. The lowest BCUT2D eigenvalue weighted by molar-refractivity contribution is 0.834. The molecule has 1 nitrogen and oxygen atoms in total. The molecule has 0 aliphatic rings. The number of hydrogen-bond donors (Lipinski definition) is 1. The van der Waals surface area contributed by atoms with E-state index < -0.39 is 0 Å². The van der Waals surface area contributed by atoms with Crippen LogP contribution in [-0.4, -0.2) is 0 Å². The van der Waals surface area contributed by atoms with Gasteiger partial charge in [-0.2, -0.15) is 0 Å². The highest BCUT2D eigenvalue weighted by Crippen LogP contribution is 2.42. The van der Waals surface area contributed by atoms with E-state index in [4.69, 9.17) is 5.73 Å². The van der Waals surface area contributed by atoms with E-state index in [-0.39, 0.29) is 6.04 Å². The van der Waals surface area contributed by atoms with Crippen molar-refractivity contribution in [2.75, 3.05) is 0 Å². The van der Waals surface area contributed by atoms with Gasteiger partial charge in [-0.1, -0.05) is 0 Å². The Hall–Kier alpha value is 1.10. The van der Waals surface area contributed by atoms with Gasteiger partial charge in [0.15, 0.2) is 0 Å². The highest BCUT2D eigenvalue weighted by Gasteiger charge is 2.14. The van der Waals surface area contributed by atoms with Crippen molar-refractivity contribution in [3.05, 3.63) is 17.6 Å². The Bertz CT molecular complexity index is 269. The van der Waals surface area contributed by atoms with Crippen molar-refractivity contribution in [2.45, 2.75) is 13.0 Å². The van der Waals surface area contributed by atoms with Crippen LogP contribution in [0.15, 0.2) is 12.7 Å². The third-order valence-electron chi connectivity index (χ3n) is 1.19. The highest BCUT2D eigenvalue weighted by atomic mass is 79.9. The molecule has 1 atom stereocenters. The molecule has 11 heavy (non-hydrogen) atoms. The molecule has 1 aromatic rings. The molecule has 62 valence electrons. The van der Waals surface area contributed by atoms with Crippen molar-refractivity contribution in [3.8, 4) is 0 Å². The SMILES string of the molecule is CC(N)c1sc(Br)c(Br)c1Br. The van der Waals surface area contributed by atoms with Gasteiger partial charge in [0.05, 0.1) is 8.26 Å². The lowest BCUT2D eigenvalue weighted by Gasteiger charge is -2.00. The van der Waals surface area contributed by atoms with E-state index in [2.05, 4.69) is 47.8 Å². The quantitative estimate of drug-likeness (QED) is 0.800. The summed E-state index contributed by atoms with van der Waals surface area (Å²) in [6.07, 6.45) is 0. The van der Waals surface area contributed by atoms with Gasteiger partial charge in [0.2, 0.25) is 0 Å². The van der Waals surface area contributed by atoms with E-state index in [1.165, 1.54) is 0 Å². The lowest BCUT2D eigenvalue weighted by atomic mass is 10.3. The van der Waals surface area contributed by atoms with Crippen molar-refractivity contribution in [1.29, 1.82) is 0 Å².